The number of hydrogen-bond acceptors (Lipinski definition) is 1. The topological polar surface area (TPSA) is 17.1 Å². The lowest BCUT2D eigenvalue weighted by Gasteiger charge is -2.27. The molecule has 2 atom stereocenters. The van der Waals surface area contributed by atoms with E-state index in [2.05, 4.69) is 45.0 Å². The van der Waals surface area contributed by atoms with E-state index in [1.807, 2.05) is 0 Å². The molecule has 0 saturated heterocycles. The summed E-state index contributed by atoms with van der Waals surface area (Å²) >= 11 is 0. The number of hydrogen-bond donors (Lipinski definition) is 0. The van der Waals surface area contributed by atoms with Crippen LogP contribution in [-0.4, -0.2) is 5.78 Å². The summed E-state index contributed by atoms with van der Waals surface area (Å²) in [6.07, 6.45) is 8.70. The number of halogens is 1. The Hall–Kier alpha value is -1.96. The molecule has 1 aliphatic rings. The van der Waals surface area contributed by atoms with Crippen molar-refractivity contribution in [2.24, 2.45) is 11.8 Å². The third-order valence-corrected chi connectivity index (χ3v) is 7.05. The molecule has 30 heavy (non-hydrogen) atoms. The third kappa shape index (κ3) is 5.80. The summed E-state index contributed by atoms with van der Waals surface area (Å²) in [6, 6.07) is 15.5. The summed E-state index contributed by atoms with van der Waals surface area (Å²) in [7, 11) is 0. The van der Waals surface area contributed by atoms with Crippen molar-refractivity contribution in [3.63, 3.8) is 0 Å². The molecule has 1 unspecified atom stereocenters. The minimum atomic E-state index is -0.253. The van der Waals surface area contributed by atoms with Crippen LogP contribution >= 0.6 is 0 Å². The first-order valence-electron chi connectivity index (χ1n) is 11.9. The predicted molar refractivity (Wildman–Crippen MR) is 123 cm³/mol. The van der Waals surface area contributed by atoms with Crippen LogP contribution < -0.4 is 0 Å². The van der Waals surface area contributed by atoms with E-state index in [0.717, 1.165) is 30.7 Å². The zero-order valence-corrected chi connectivity index (χ0v) is 18.9. The van der Waals surface area contributed by atoms with Gasteiger partial charge in [0.25, 0.3) is 0 Å². The number of ketones is 1. The van der Waals surface area contributed by atoms with Crippen LogP contribution in [0.5, 0.6) is 0 Å². The molecule has 1 aliphatic carbocycles. The SMILES string of the molecule is CCC[C@@H](CC)C(=O)C(Cc1ccc(C2CCC(C)CC2)cc1)c1ccc(F)cc1. The predicted octanol–water partition coefficient (Wildman–Crippen LogP) is 7.84. The first-order chi connectivity index (χ1) is 14.5. The largest absolute Gasteiger partial charge is 0.299 e. The van der Waals surface area contributed by atoms with E-state index >= 15 is 0 Å². The highest BCUT2D eigenvalue weighted by molar-refractivity contribution is 5.88. The lowest BCUT2D eigenvalue weighted by atomic mass is 9.78. The summed E-state index contributed by atoms with van der Waals surface area (Å²) in [5, 5.41) is 0. The molecule has 1 nitrogen and oxygen atoms in total. The molecule has 3 rings (SSSR count). The van der Waals surface area contributed by atoms with Gasteiger partial charge >= 0.3 is 0 Å². The number of Topliss-reactive ketones (excluding diaryl/α,β-unsaturated/α-hetero) is 1. The molecular weight excluding hydrogens is 371 g/mol. The van der Waals surface area contributed by atoms with Crippen molar-refractivity contribution in [1.82, 2.24) is 0 Å². The molecule has 0 bridgehead atoms. The molecule has 0 heterocycles. The Labute approximate surface area is 182 Å². The summed E-state index contributed by atoms with van der Waals surface area (Å²) in [6.45, 7) is 6.58. The second-order valence-electron chi connectivity index (χ2n) is 9.30. The van der Waals surface area contributed by atoms with Crippen molar-refractivity contribution in [1.29, 1.82) is 0 Å². The molecule has 0 N–H and O–H groups in total. The second kappa shape index (κ2) is 10.9. The summed E-state index contributed by atoms with van der Waals surface area (Å²) in [5.74, 6) is 1.46. The fourth-order valence-electron chi connectivity index (χ4n) is 5.01. The lowest BCUT2D eigenvalue weighted by Crippen LogP contribution is -2.23. The summed E-state index contributed by atoms with van der Waals surface area (Å²) < 4.78 is 13.5. The van der Waals surface area contributed by atoms with Gasteiger partial charge in [0.05, 0.1) is 0 Å². The monoisotopic (exact) mass is 408 g/mol. The molecule has 0 aliphatic heterocycles. The van der Waals surface area contributed by atoms with Gasteiger partial charge in [-0.25, -0.2) is 4.39 Å². The van der Waals surface area contributed by atoms with E-state index < -0.39 is 0 Å². The van der Waals surface area contributed by atoms with Crippen LogP contribution in [-0.2, 0) is 11.2 Å². The van der Waals surface area contributed by atoms with E-state index in [1.54, 1.807) is 12.1 Å². The fourth-order valence-corrected chi connectivity index (χ4v) is 5.01. The van der Waals surface area contributed by atoms with Crippen molar-refractivity contribution in [3.8, 4) is 0 Å². The molecule has 162 valence electrons. The Bertz CT molecular complexity index is 784. The Morgan fingerprint density at radius 3 is 2.17 bits per heavy atom. The van der Waals surface area contributed by atoms with Crippen LogP contribution in [0.4, 0.5) is 4.39 Å². The molecule has 0 amide bonds. The van der Waals surface area contributed by atoms with Crippen molar-refractivity contribution in [2.75, 3.05) is 0 Å². The highest BCUT2D eigenvalue weighted by Gasteiger charge is 2.27. The van der Waals surface area contributed by atoms with Crippen LogP contribution in [0.15, 0.2) is 48.5 Å². The van der Waals surface area contributed by atoms with Gasteiger partial charge in [-0.2, -0.15) is 0 Å². The number of carbonyl (C=O) groups excluding carboxylic acids is 1. The Balaban J connectivity index is 1.78. The van der Waals surface area contributed by atoms with Gasteiger partial charge in [0.15, 0.2) is 0 Å². The first kappa shape index (κ1) is 22.7. The van der Waals surface area contributed by atoms with Gasteiger partial charge in [-0.05, 0) is 72.8 Å². The maximum absolute atomic E-state index is 13.5. The molecule has 1 fully saturated rings. The van der Waals surface area contributed by atoms with Gasteiger partial charge in [-0.1, -0.05) is 76.4 Å². The van der Waals surface area contributed by atoms with Gasteiger partial charge < -0.3 is 0 Å². The van der Waals surface area contributed by atoms with Crippen molar-refractivity contribution < 1.29 is 9.18 Å². The average molecular weight is 409 g/mol. The average Bonchev–Trinajstić information content (AvgIpc) is 2.77. The lowest BCUT2D eigenvalue weighted by molar-refractivity contribution is -0.124. The molecule has 1 saturated carbocycles. The number of benzene rings is 2. The standard InChI is InChI=1S/C28H37FO/c1-4-6-22(5-2)28(30)27(25-15-17-26(29)18-16-25)19-21-9-13-24(14-10-21)23-11-7-20(3)8-12-23/h9-10,13-18,20,22-23,27H,4-8,11-12,19H2,1-3H3/t20?,22-,23?,27?/m1/s1. The van der Waals surface area contributed by atoms with Crippen molar-refractivity contribution in [3.05, 3.63) is 71.0 Å². The van der Waals surface area contributed by atoms with E-state index in [1.165, 1.54) is 48.9 Å². The van der Waals surface area contributed by atoms with Gasteiger partial charge in [0.2, 0.25) is 0 Å². The van der Waals surface area contributed by atoms with E-state index in [9.17, 15) is 9.18 Å². The first-order valence-corrected chi connectivity index (χ1v) is 11.9. The quantitative estimate of drug-likeness (QED) is 0.413. The highest BCUT2D eigenvalue weighted by Crippen LogP contribution is 2.36. The molecule has 2 aromatic carbocycles. The second-order valence-corrected chi connectivity index (χ2v) is 9.30. The van der Waals surface area contributed by atoms with Crippen LogP contribution in [0, 0.1) is 17.7 Å². The van der Waals surface area contributed by atoms with Gasteiger partial charge in [-0.3, -0.25) is 4.79 Å². The van der Waals surface area contributed by atoms with Crippen molar-refractivity contribution in [2.45, 2.75) is 84.0 Å². The minimum Gasteiger partial charge on any atom is -0.299 e. The Kier molecular flexibility index (Phi) is 8.24. The molecular formula is C28H37FO. The van der Waals surface area contributed by atoms with E-state index in [-0.39, 0.29) is 17.7 Å². The van der Waals surface area contributed by atoms with Crippen LogP contribution in [0.3, 0.4) is 0 Å². The van der Waals surface area contributed by atoms with Crippen molar-refractivity contribution >= 4 is 5.78 Å². The third-order valence-electron chi connectivity index (χ3n) is 7.05. The fraction of sp³-hybridized carbons (Fsp3) is 0.536. The number of rotatable bonds is 9. The maximum Gasteiger partial charge on any atom is 0.143 e. The zero-order chi connectivity index (χ0) is 21.5. The number of carbonyl (C=O) groups is 1. The van der Waals surface area contributed by atoms with Gasteiger partial charge in [0, 0.05) is 11.8 Å². The Morgan fingerprint density at radius 1 is 0.967 bits per heavy atom. The molecule has 2 heteroatoms. The van der Waals surface area contributed by atoms with Crippen LogP contribution in [0.1, 0.15) is 94.2 Å². The molecule has 0 spiro atoms. The minimum absolute atomic E-state index is 0.0774. The van der Waals surface area contributed by atoms with Gasteiger partial charge in [0.1, 0.15) is 11.6 Å². The molecule has 2 aromatic rings. The van der Waals surface area contributed by atoms with E-state index in [4.69, 9.17) is 0 Å². The zero-order valence-electron chi connectivity index (χ0n) is 18.9. The molecule has 0 aromatic heterocycles. The van der Waals surface area contributed by atoms with Gasteiger partial charge in [-0.15, -0.1) is 0 Å². The smallest absolute Gasteiger partial charge is 0.143 e. The normalized spacial score (nSPS) is 21.2. The summed E-state index contributed by atoms with van der Waals surface area (Å²) in [4.78, 5) is 13.4. The maximum atomic E-state index is 13.5. The Morgan fingerprint density at radius 2 is 1.60 bits per heavy atom. The van der Waals surface area contributed by atoms with Crippen LogP contribution in [0.25, 0.3) is 0 Å². The molecule has 0 radical (unpaired) electrons. The summed E-state index contributed by atoms with van der Waals surface area (Å²) in [5.41, 5.74) is 3.56. The van der Waals surface area contributed by atoms with Crippen LogP contribution in [0.2, 0.25) is 0 Å². The van der Waals surface area contributed by atoms with E-state index in [0.29, 0.717) is 18.1 Å². The highest BCUT2D eigenvalue weighted by atomic mass is 19.1.